The molecule has 0 spiro atoms. The Hall–Kier alpha value is -1.64. The number of nitrogens with one attached hydrogen (secondary N) is 1. The minimum atomic E-state index is -3.88. The zero-order valence-electron chi connectivity index (χ0n) is 12.1. The molecule has 0 saturated heterocycles. The van der Waals surface area contributed by atoms with Gasteiger partial charge in [0.2, 0.25) is 10.0 Å². The summed E-state index contributed by atoms with van der Waals surface area (Å²) in [6.07, 6.45) is 0.497. The summed E-state index contributed by atoms with van der Waals surface area (Å²) < 4.78 is 37.0. The van der Waals surface area contributed by atoms with E-state index in [1.165, 1.54) is 26.4 Å². The number of hydrogen-bond acceptors (Lipinski definition) is 5. The summed E-state index contributed by atoms with van der Waals surface area (Å²) in [5, 5.41) is 8.96. The third kappa shape index (κ3) is 4.69. The Labute approximate surface area is 123 Å². The highest BCUT2D eigenvalue weighted by molar-refractivity contribution is 7.89. The number of ether oxygens (including phenoxy) is 2. The molecule has 7 nitrogen and oxygen atoms in total. The third-order valence-electron chi connectivity index (χ3n) is 2.81. The zero-order chi connectivity index (χ0) is 16.0. The predicted molar refractivity (Wildman–Crippen MR) is 76.2 cm³/mol. The lowest BCUT2D eigenvalue weighted by Gasteiger charge is -2.16. The molecule has 118 valence electrons. The van der Waals surface area contributed by atoms with E-state index >= 15 is 0 Å². The van der Waals surface area contributed by atoms with Gasteiger partial charge in [0.15, 0.2) is 0 Å². The van der Waals surface area contributed by atoms with Crippen molar-refractivity contribution in [2.75, 3.05) is 20.8 Å². The molecule has 0 fully saturated rings. The summed E-state index contributed by atoms with van der Waals surface area (Å²) in [5.74, 6) is -1.12. The SMILES string of the molecule is COCCC(C)NS(=O)(=O)c1cc(C(=O)O)ccc1OC. The van der Waals surface area contributed by atoms with Gasteiger partial charge in [0, 0.05) is 19.8 Å². The molecule has 21 heavy (non-hydrogen) atoms. The summed E-state index contributed by atoms with van der Waals surface area (Å²) in [7, 11) is -1.03. The molecule has 0 aromatic heterocycles. The van der Waals surface area contributed by atoms with Crippen LogP contribution in [0.25, 0.3) is 0 Å². The van der Waals surface area contributed by atoms with Gasteiger partial charge in [-0.1, -0.05) is 0 Å². The van der Waals surface area contributed by atoms with Gasteiger partial charge in [0.25, 0.3) is 0 Å². The minimum Gasteiger partial charge on any atom is -0.495 e. The van der Waals surface area contributed by atoms with Crippen LogP contribution in [0.15, 0.2) is 23.1 Å². The van der Waals surface area contributed by atoms with E-state index < -0.39 is 16.0 Å². The molecule has 1 aromatic rings. The molecule has 0 amide bonds. The van der Waals surface area contributed by atoms with Crippen LogP contribution in [0.2, 0.25) is 0 Å². The van der Waals surface area contributed by atoms with Crippen molar-refractivity contribution < 1.29 is 27.8 Å². The Bertz CT molecular complexity index is 599. The van der Waals surface area contributed by atoms with Gasteiger partial charge >= 0.3 is 5.97 Å². The van der Waals surface area contributed by atoms with E-state index in [9.17, 15) is 13.2 Å². The molecule has 0 bridgehead atoms. The van der Waals surface area contributed by atoms with Gasteiger partial charge in [0.05, 0.1) is 12.7 Å². The lowest BCUT2D eigenvalue weighted by Crippen LogP contribution is -2.33. The molecule has 0 aliphatic heterocycles. The summed E-state index contributed by atoms with van der Waals surface area (Å²) in [6, 6.07) is 3.33. The van der Waals surface area contributed by atoms with Gasteiger partial charge in [-0.15, -0.1) is 0 Å². The molecule has 1 rings (SSSR count). The number of rotatable bonds is 8. The standard InChI is InChI=1S/C13H19NO6S/c1-9(6-7-19-2)14-21(17,18)12-8-10(13(15)16)4-5-11(12)20-3/h4-5,8-9,14H,6-7H2,1-3H3,(H,15,16). The molecular formula is C13H19NO6S. The topological polar surface area (TPSA) is 102 Å². The van der Waals surface area contributed by atoms with Crippen LogP contribution in [0.5, 0.6) is 5.75 Å². The quantitative estimate of drug-likeness (QED) is 0.744. The first-order valence-electron chi connectivity index (χ1n) is 6.24. The van der Waals surface area contributed by atoms with Crippen molar-refractivity contribution in [3.63, 3.8) is 0 Å². The van der Waals surface area contributed by atoms with Crippen LogP contribution < -0.4 is 9.46 Å². The zero-order valence-corrected chi connectivity index (χ0v) is 12.9. The molecule has 0 aliphatic rings. The Balaban J connectivity index is 3.11. The largest absolute Gasteiger partial charge is 0.495 e. The molecule has 1 atom stereocenters. The van der Waals surface area contributed by atoms with Crippen molar-refractivity contribution in [1.29, 1.82) is 0 Å². The number of sulfonamides is 1. The van der Waals surface area contributed by atoms with Crippen LogP contribution >= 0.6 is 0 Å². The van der Waals surface area contributed by atoms with Crippen LogP contribution in [0.4, 0.5) is 0 Å². The van der Waals surface area contributed by atoms with E-state index in [0.29, 0.717) is 13.0 Å². The summed E-state index contributed by atoms with van der Waals surface area (Å²) in [6.45, 7) is 2.11. The summed E-state index contributed by atoms with van der Waals surface area (Å²) >= 11 is 0. The normalized spacial score (nSPS) is 12.9. The second-order valence-corrected chi connectivity index (χ2v) is 6.16. The second-order valence-electron chi connectivity index (χ2n) is 4.47. The highest BCUT2D eigenvalue weighted by Gasteiger charge is 2.23. The van der Waals surface area contributed by atoms with Crippen molar-refractivity contribution in [1.82, 2.24) is 4.72 Å². The fourth-order valence-electron chi connectivity index (χ4n) is 1.70. The number of carboxylic acids is 1. The molecule has 0 aliphatic carbocycles. The van der Waals surface area contributed by atoms with E-state index in [4.69, 9.17) is 14.6 Å². The van der Waals surface area contributed by atoms with Crippen LogP contribution in [0.3, 0.4) is 0 Å². The van der Waals surface area contributed by atoms with Crippen LogP contribution in [0.1, 0.15) is 23.7 Å². The molecule has 2 N–H and O–H groups in total. The molecule has 0 saturated carbocycles. The fraction of sp³-hybridized carbons (Fsp3) is 0.462. The first-order chi connectivity index (χ1) is 9.81. The molecule has 1 aromatic carbocycles. The van der Waals surface area contributed by atoms with Crippen molar-refractivity contribution >= 4 is 16.0 Å². The maximum atomic E-state index is 12.3. The van der Waals surface area contributed by atoms with E-state index in [1.807, 2.05) is 0 Å². The van der Waals surface area contributed by atoms with Gasteiger partial charge in [-0.05, 0) is 31.5 Å². The Kier molecular flexibility index (Phi) is 6.13. The number of aromatic carboxylic acids is 1. The number of benzene rings is 1. The Morgan fingerprint density at radius 2 is 2.05 bits per heavy atom. The average molecular weight is 317 g/mol. The summed E-state index contributed by atoms with van der Waals surface area (Å²) in [4.78, 5) is 10.8. The number of carbonyl (C=O) groups is 1. The lowest BCUT2D eigenvalue weighted by molar-refractivity contribution is 0.0696. The lowest BCUT2D eigenvalue weighted by atomic mass is 10.2. The van der Waals surface area contributed by atoms with Gasteiger partial charge in [-0.3, -0.25) is 0 Å². The average Bonchev–Trinajstić information content (AvgIpc) is 2.43. The molecular weight excluding hydrogens is 298 g/mol. The third-order valence-corrected chi connectivity index (χ3v) is 4.42. The van der Waals surface area contributed by atoms with E-state index in [0.717, 1.165) is 6.07 Å². The maximum absolute atomic E-state index is 12.3. The monoisotopic (exact) mass is 317 g/mol. The van der Waals surface area contributed by atoms with Gasteiger partial charge < -0.3 is 14.6 Å². The highest BCUT2D eigenvalue weighted by atomic mass is 32.2. The number of hydrogen-bond donors (Lipinski definition) is 2. The van der Waals surface area contributed by atoms with Crippen molar-refractivity contribution in [3.05, 3.63) is 23.8 Å². The van der Waals surface area contributed by atoms with Crippen LogP contribution in [-0.2, 0) is 14.8 Å². The maximum Gasteiger partial charge on any atom is 0.335 e. The minimum absolute atomic E-state index is 0.0893. The molecule has 0 radical (unpaired) electrons. The highest BCUT2D eigenvalue weighted by Crippen LogP contribution is 2.25. The van der Waals surface area contributed by atoms with Crippen LogP contribution in [-0.4, -0.2) is 46.4 Å². The van der Waals surface area contributed by atoms with Gasteiger partial charge in [-0.2, -0.15) is 0 Å². The molecule has 1 unspecified atom stereocenters. The number of methoxy groups -OCH3 is 2. The van der Waals surface area contributed by atoms with Gasteiger partial charge in [-0.25, -0.2) is 17.9 Å². The van der Waals surface area contributed by atoms with E-state index in [-0.39, 0.29) is 22.3 Å². The van der Waals surface area contributed by atoms with Crippen molar-refractivity contribution in [3.8, 4) is 5.75 Å². The van der Waals surface area contributed by atoms with Gasteiger partial charge in [0.1, 0.15) is 10.6 Å². The van der Waals surface area contributed by atoms with Crippen molar-refractivity contribution in [2.45, 2.75) is 24.3 Å². The number of carboxylic acid groups (broad SMARTS) is 1. The summed E-state index contributed by atoms with van der Waals surface area (Å²) in [5.41, 5.74) is -0.124. The van der Waals surface area contributed by atoms with E-state index in [1.54, 1.807) is 6.92 Å². The van der Waals surface area contributed by atoms with E-state index in [2.05, 4.69) is 4.72 Å². The Morgan fingerprint density at radius 3 is 2.57 bits per heavy atom. The first kappa shape index (κ1) is 17.4. The predicted octanol–water partition coefficient (Wildman–Crippen LogP) is 1.10. The second kappa shape index (κ2) is 7.39. The molecule has 0 heterocycles. The Morgan fingerprint density at radius 1 is 1.38 bits per heavy atom. The van der Waals surface area contributed by atoms with Crippen molar-refractivity contribution in [2.24, 2.45) is 0 Å². The molecule has 8 heteroatoms. The smallest absolute Gasteiger partial charge is 0.335 e. The first-order valence-corrected chi connectivity index (χ1v) is 7.72. The van der Waals surface area contributed by atoms with Crippen LogP contribution in [0, 0.1) is 0 Å². The fourth-order valence-corrected chi connectivity index (χ4v) is 3.17.